The van der Waals surface area contributed by atoms with Crippen LogP contribution in [0.4, 0.5) is 14.5 Å². The van der Waals surface area contributed by atoms with Crippen molar-refractivity contribution < 1.29 is 13.6 Å². The minimum atomic E-state index is -0.397. The molecule has 3 aromatic carbocycles. The second kappa shape index (κ2) is 6.96. The highest BCUT2D eigenvalue weighted by atomic mass is 19.1. The highest BCUT2D eigenvalue weighted by Crippen LogP contribution is 2.28. The molecule has 0 radical (unpaired) electrons. The van der Waals surface area contributed by atoms with Gasteiger partial charge in [-0.2, -0.15) is 0 Å². The predicted octanol–water partition coefficient (Wildman–Crippen LogP) is 4.80. The van der Waals surface area contributed by atoms with Gasteiger partial charge in [0, 0.05) is 5.56 Å². The van der Waals surface area contributed by atoms with Gasteiger partial charge in [-0.15, -0.1) is 0 Å². The lowest BCUT2D eigenvalue weighted by atomic mass is 10.1. The zero-order valence-electron chi connectivity index (χ0n) is 14.1. The second-order valence-corrected chi connectivity index (χ2v) is 6.00. The third-order valence-corrected chi connectivity index (χ3v) is 4.15. The monoisotopic (exact) mass is 360 g/mol. The fourth-order valence-electron chi connectivity index (χ4n) is 2.85. The summed E-state index contributed by atoms with van der Waals surface area (Å²) in [6.45, 7) is 0. The van der Waals surface area contributed by atoms with Crippen LogP contribution < -0.4 is 4.90 Å². The fraction of sp³-hybridized carbons (Fsp3) is 0. The van der Waals surface area contributed by atoms with Gasteiger partial charge in [0.15, 0.2) is 0 Å². The first-order valence-corrected chi connectivity index (χ1v) is 8.33. The molecule has 132 valence electrons. The zero-order valence-corrected chi connectivity index (χ0v) is 14.1. The Hall–Kier alpha value is -3.60. The van der Waals surface area contributed by atoms with E-state index in [0.717, 1.165) is 5.56 Å². The van der Waals surface area contributed by atoms with E-state index >= 15 is 0 Å². The quantitative estimate of drug-likeness (QED) is 0.618. The van der Waals surface area contributed by atoms with Crippen LogP contribution in [-0.2, 0) is 4.79 Å². The Labute approximate surface area is 154 Å². The Balaban J connectivity index is 1.82. The first-order chi connectivity index (χ1) is 13.1. The average Bonchev–Trinajstić information content (AvgIpc) is 3.00. The van der Waals surface area contributed by atoms with Crippen LogP contribution in [0.3, 0.4) is 0 Å². The minimum absolute atomic E-state index is 0.254. The summed E-state index contributed by atoms with van der Waals surface area (Å²) in [6.07, 6.45) is 1.69. The smallest absolute Gasteiger partial charge is 0.266 e. The van der Waals surface area contributed by atoms with Crippen molar-refractivity contribution in [2.24, 2.45) is 4.99 Å². The fourth-order valence-corrected chi connectivity index (χ4v) is 2.85. The van der Waals surface area contributed by atoms with Gasteiger partial charge in [-0.3, -0.25) is 9.69 Å². The molecule has 5 heteroatoms. The van der Waals surface area contributed by atoms with Crippen LogP contribution in [0.1, 0.15) is 11.1 Å². The van der Waals surface area contributed by atoms with Crippen LogP contribution in [0, 0.1) is 11.6 Å². The van der Waals surface area contributed by atoms with E-state index in [-0.39, 0.29) is 17.4 Å². The van der Waals surface area contributed by atoms with Gasteiger partial charge in [-0.25, -0.2) is 13.8 Å². The molecule has 1 amide bonds. The number of carbonyl (C=O) groups is 1. The lowest BCUT2D eigenvalue weighted by Crippen LogP contribution is -2.32. The molecule has 1 aliphatic rings. The Morgan fingerprint density at radius 3 is 2.00 bits per heavy atom. The maximum absolute atomic E-state index is 13.3. The molecule has 0 aromatic heterocycles. The number of amides is 1. The van der Waals surface area contributed by atoms with E-state index in [1.165, 1.54) is 41.3 Å². The summed E-state index contributed by atoms with van der Waals surface area (Å²) in [5.74, 6) is -0.735. The molecule has 0 spiro atoms. The molecule has 0 saturated heterocycles. The van der Waals surface area contributed by atoms with Gasteiger partial charge in [0.2, 0.25) is 0 Å². The molecule has 0 aliphatic carbocycles. The van der Waals surface area contributed by atoms with Crippen LogP contribution in [0.2, 0.25) is 0 Å². The van der Waals surface area contributed by atoms with Gasteiger partial charge >= 0.3 is 0 Å². The van der Waals surface area contributed by atoms with Crippen molar-refractivity contribution in [2.75, 3.05) is 4.90 Å². The summed E-state index contributed by atoms with van der Waals surface area (Å²) >= 11 is 0. The molecule has 0 atom stereocenters. The van der Waals surface area contributed by atoms with Crippen molar-refractivity contribution >= 4 is 23.5 Å². The molecule has 4 rings (SSSR count). The van der Waals surface area contributed by atoms with Crippen LogP contribution in [0.15, 0.2) is 89.6 Å². The van der Waals surface area contributed by atoms with Crippen molar-refractivity contribution in [2.45, 2.75) is 0 Å². The van der Waals surface area contributed by atoms with Crippen molar-refractivity contribution in [1.29, 1.82) is 0 Å². The van der Waals surface area contributed by atoms with Crippen molar-refractivity contribution in [3.8, 4) is 0 Å². The van der Waals surface area contributed by atoms with Crippen LogP contribution in [-0.4, -0.2) is 11.7 Å². The van der Waals surface area contributed by atoms with E-state index in [0.29, 0.717) is 17.1 Å². The van der Waals surface area contributed by atoms with Crippen molar-refractivity contribution in [1.82, 2.24) is 0 Å². The van der Waals surface area contributed by atoms with Crippen LogP contribution >= 0.6 is 0 Å². The SMILES string of the molecule is O=C1/C(=C\c2ccccc2)N=C(c2ccc(F)cc2)N1c1ccc(F)cc1. The van der Waals surface area contributed by atoms with E-state index in [9.17, 15) is 13.6 Å². The number of hydrogen-bond acceptors (Lipinski definition) is 2. The van der Waals surface area contributed by atoms with Crippen molar-refractivity contribution in [3.63, 3.8) is 0 Å². The molecule has 3 nitrogen and oxygen atoms in total. The summed E-state index contributed by atoms with van der Waals surface area (Å²) in [4.78, 5) is 18.9. The molecule has 1 aliphatic heterocycles. The first kappa shape index (κ1) is 16.8. The highest BCUT2D eigenvalue weighted by Gasteiger charge is 2.32. The summed E-state index contributed by atoms with van der Waals surface area (Å²) in [5, 5.41) is 0. The lowest BCUT2D eigenvalue weighted by molar-refractivity contribution is -0.113. The van der Waals surface area contributed by atoms with Crippen LogP contribution in [0.5, 0.6) is 0 Å². The number of benzene rings is 3. The molecule has 0 bridgehead atoms. The molecule has 0 unspecified atom stereocenters. The largest absolute Gasteiger partial charge is 0.282 e. The summed E-state index contributed by atoms with van der Waals surface area (Å²) in [6, 6.07) is 20.7. The molecule has 1 heterocycles. The normalized spacial score (nSPS) is 15.3. The maximum atomic E-state index is 13.3. The molecular weight excluding hydrogens is 346 g/mol. The first-order valence-electron chi connectivity index (χ1n) is 8.33. The standard InChI is InChI=1S/C22H14F2N2O/c23-17-8-6-16(7-9-17)21-25-20(14-15-4-2-1-3-5-15)22(27)26(21)19-12-10-18(24)11-13-19/h1-14H/b20-14+. The van der Waals surface area contributed by atoms with Gasteiger partial charge in [-0.05, 0) is 60.2 Å². The Morgan fingerprint density at radius 1 is 0.778 bits per heavy atom. The average molecular weight is 360 g/mol. The molecule has 0 fully saturated rings. The zero-order chi connectivity index (χ0) is 18.8. The number of carbonyl (C=O) groups excluding carboxylic acids is 1. The summed E-state index contributed by atoms with van der Waals surface area (Å²) < 4.78 is 26.6. The van der Waals surface area contributed by atoms with Gasteiger partial charge in [-0.1, -0.05) is 30.3 Å². The van der Waals surface area contributed by atoms with Crippen LogP contribution in [0.25, 0.3) is 6.08 Å². The van der Waals surface area contributed by atoms with E-state index in [2.05, 4.69) is 4.99 Å². The van der Waals surface area contributed by atoms with E-state index in [1.807, 2.05) is 30.3 Å². The lowest BCUT2D eigenvalue weighted by Gasteiger charge is -2.18. The number of amidine groups is 1. The molecular formula is C22H14F2N2O. The Bertz CT molecular complexity index is 1040. The van der Waals surface area contributed by atoms with E-state index in [1.54, 1.807) is 18.2 Å². The summed E-state index contributed by atoms with van der Waals surface area (Å²) in [5.41, 5.74) is 2.17. The predicted molar refractivity (Wildman–Crippen MR) is 101 cm³/mol. The maximum Gasteiger partial charge on any atom is 0.282 e. The second-order valence-electron chi connectivity index (χ2n) is 6.00. The third-order valence-electron chi connectivity index (χ3n) is 4.15. The minimum Gasteiger partial charge on any atom is -0.266 e. The van der Waals surface area contributed by atoms with Gasteiger partial charge in [0.05, 0.1) is 5.69 Å². The highest BCUT2D eigenvalue weighted by molar-refractivity contribution is 6.33. The number of rotatable bonds is 3. The van der Waals surface area contributed by atoms with Crippen molar-refractivity contribution in [3.05, 3.63) is 107 Å². The number of hydrogen-bond donors (Lipinski definition) is 0. The molecule has 3 aromatic rings. The van der Waals surface area contributed by atoms with Gasteiger partial charge in [0.1, 0.15) is 23.2 Å². The number of nitrogens with zero attached hydrogens (tertiary/aromatic N) is 2. The number of anilines is 1. The topological polar surface area (TPSA) is 32.7 Å². The third kappa shape index (κ3) is 3.40. The molecule has 27 heavy (non-hydrogen) atoms. The summed E-state index contributed by atoms with van der Waals surface area (Å²) in [7, 11) is 0. The molecule has 0 N–H and O–H groups in total. The molecule has 0 saturated carbocycles. The Kier molecular flexibility index (Phi) is 4.34. The van der Waals surface area contributed by atoms with E-state index in [4.69, 9.17) is 0 Å². The number of halogens is 2. The number of aliphatic imine (C=N–C) groups is 1. The Morgan fingerprint density at radius 2 is 1.37 bits per heavy atom. The van der Waals surface area contributed by atoms with Gasteiger partial charge < -0.3 is 0 Å². The van der Waals surface area contributed by atoms with Gasteiger partial charge in [0.25, 0.3) is 5.91 Å². The van der Waals surface area contributed by atoms with E-state index < -0.39 is 5.82 Å².